The molecule has 1 unspecified atom stereocenters. The monoisotopic (exact) mass is 446 g/mol. The third kappa shape index (κ3) is 4.85. The van der Waals surface area contributed by atoms with Gasteiger partial charge in [-0.05, 0) is 49.9 Å². The SMILES string of the molecule is CCOC(=O)C1=C(C)N(Cc2cccc(C(=O)N3CCCC3)c2)C(=O)CC1c1ccccc1. The van der Waals surface area contributed by atoms with E-state index in [4.69, 9.17) is 4.74 Å². The molecule has 2 heterocycles. The highest BCUT2D eigenvalue weighted by Gasteiger charge is 2.36. The Morgan fingerprint density at radius 1 is 1.03 bits per heavy atom. The fourth-order valence-electron chi connectivity index (χ4n) is 4.73. The first-order valence-corrected chi connectivity index (χ1v) is 11.6. The fourth-order valence-corrected chi connectivity index (χ4v) is 4.73. The molecule has 0 bridgehead atoms. The van der Waals surface area contributed by atoms with Gasteiger partial charge < -0.3 is 14.5 Å². The number of carbonyl (C=O) groups excluding carboxylic acids is 3. The van der Waals surface area contributed by atoms with Crippen molar-refractivity contribution in [2.75, 3.05) is 19.7 Å². The summed E-state index contributed by atoms with van der Waals surface area (Å²) in [6.07, 6.45) is 2.27. The van der Waals surface area contributed by atoms with Crippen LogP contribution in [0.4, 0.5) is 0 Å². The number of hydrogen-bond acceptors (Lipinski definition) is 4. The fraction of sp³-hybridized carbons (Fsp3) is 0.370. The third-order valence-electron chi connectivity index (χ3n) is 6.43. The minimum atomic E-state index is -0.390. The molecule has 2 aliphatic heterocycles. The van der Waals surface area contributed by atoms with Crippen LogP contribution in [0.15, 0.2) is 65.9 Å². The van der Waals surface area contributed by atoms with Crippen LogP contribution in [-0.4, -0.2) is 47.3 Å². The Kier molecular flexibility index (Phi) is 6.92. The lowest BCUT2D eigenvalue weighted by atomic mass is 9.83. The van der Waals surface area contributed by atoms with E-state index < -0.39 is 0 Å². The number of amides is 2. The van der Waals surface area contributed by atoms with Crippen LogP contribution in [0.5, 0.6) is 0 Å². The first kappa shape index (κ1) is 22.8. The second kappa shape index (κ2) is 10.0. The van der Waals surface area contributed by atoms with Crippen LogP contribution in [0.25, 0.3) is 0 Å². The number of ether oxygens (including phenoxy) is 1. The molecule has 2 aromatic rings. The summed E-state index contributed by atoms with van der Waals surface area (Å²) in [5, 5.41) is 0. The van der Waals surface area contributed by atoms with Crippen molar-refractivity contribution in [3.05, 3.63) is 82.6 Å². The molecular formula is C27H30N2O4. The first-order valence-electron chi connectivity index (χ1n) is 11.6. The van der Waals surface area contributed by atoms with E-state index in [0.717, 1.165) is 37.1 Å². The van der Waals surface area contributed by atoms with Gasteiger partial charge in [-0.1, -0.05) is 42.5 Å². The maximum atomic E-state index is 13.2. The Hall–Kier alpha value is -3.41. The Morgan fingerprint density at radius 3 is 2.45 bits per heavy atom. The van der Waals surface area contributed by atoms with E-state index in [1.165, 1.54) is 0 Å². The summed E-state index contributed by atoms with van der Waals surface area (Å²) in [4.78, 5) is 42.5. The molecular weight excluding hydrogens is 416 g/mol. The predicted octanol–water partition coefficient (Wildman–Crippen LogP) is 4.28. The van der Waals surface area contributed by atoms with E-state index in [-0.39, 0.29) is 36.7 Å². The lowest BCUT2D eigenvalue weighted by Crippen LogP contribution is -2.38. The molecule has 0 radical (unpaired) electrons. The van der Waals surface area contributed by atoms with E-state index in [0.29, 0.717) is 23.4 Å². The molecule has 6 nitrogen and oxygen atoms in total. The van der Waals surface area contributed by atoms with Crippen LogP contribution in [0.3, 0.4) is 0 Å². The van der Waals surface area contributed by atoms with Crippen LogP contribution < -0.4 is 0 Å². The number of rotatable bonds is 6. The van der Waals surface area contributed by atoms with Crippen LogP contribution in [0, 0.1) is 0 Å². The zero-order valence-electron chi connectivity index (χ0n) is 19.3. The topological polar surface area (TPSA) is 66.9 Å². The van der Waals surface area contributed by atoms with Crippen molar-refractivity contribution in [1.82, 2.24) is 9.80 Å². The van der Waals surface area contributed by atoms with E-state index in [2.05, 4.69) is 0 Å². The Bertz CT molecular complexity index is 1070. The minimum absolute atomic E-state index is 0.0305. The average Bonchev–Trinajstić information content (AvgIpc) is 3.37. The average molecular weight is 447 g/mol. The standard InChI is InChI=1S/C27H30N2O4/c1-3-33-27(32)25-19(2)29(24(30)17-23(25)21-11-5-4-6-12-21)18-20-10-9-13-22(16-20)26(31)28-14-7-8-15-28/h4-6,9-13,16,23H,3,7-8,14-15,17-18H2,1-2H3. The molecule has 4 rings (SSSR count). The molecule has 172 valence electrons. The molecule has 0 spiro atoms. The van der Waals surface area contributed by atoms with Crippen LogP contribution >= 0.6 is 0 Å². The van der Waals surface area contributed by atoms with Crippen LogP contribution in [0.1, 0.15) is 60.5 Å². The molecule has 0 aliphatic carbocycles. The highest BCUT2D eigenvalue weighted by Crippen LogP contribution is 2.37. The van der Waals surface area contributed by atoms with Gasteiger partial charge in [0, 0.05) is 36.7 Å². The van der Waals surface area contributed by atoms with Gasteiger partial charge in [-0.15, -0.1) is 0 Å². The minimum Gasteiger partial charge on any atom is -0.463 e. The van der Waals surface area contributed by atoms with Gasteiger partial charge in [-0.25, -0.2) is 4.79 Å². The summed E-state index contributed by atoms with van der Waals surface area (Å²) in [6.45, 7) is 5.74. The number of hydrogen-bond donors (Lipinski definition) is 0. The second-order valence-electron chi connectivity index (χ2n) is 8.57. The molecule has 1 atom stereocenters. The third-order valence-corrected chi connectivity index (χ3v) is 6.43. The molecule has 2 aromatic carbocycles. The quantitative estimate of drug-likeness (QED) is 0.622. The molecule has 33 heavy (non-hydrogen) atoms. The number of allylic oxidation sites excluding steroid dienone is 1. The molecule has 6 heteroatoms. The highest BCUT2D eigenvalue weighted by atomic mass is 16.5. The van der Waals surface area contributed by atoms with Crippen molar-refractivity contribution >= 4 is 17.8 Å². The van der Waals surface area contributed by atoms with Crippen molar-refractivity contribution in [2.24, 2.45) is 0 Å². The van der Waals surface area contributed by atoms with Gasteiger partial charge in [0.05, 0.1) is 18.7 Å². The predicted molar refractivity (Wildman–Crippen MR) is 125 cm³/mol. The Morgan fingerprint density at radius 2 is 1.76 bits per heavy atom. The largest absolute Gasteiger partial charge is 0.463 e. The van der Waals surface area contributed by atoms with Crippen molar-refractivity contribution in [3.8, 4) is 0 Å². The summed E-state index contributed by atoms with van der Waals surface area (Å²) in [5.74, 6) is -0.745. The smallest absolute Gasteiger partial charge is 0.336 e. The lowest BCUT2D eigenvalue weighted by Gasteiger charge is -2.34. The summed E-state index contributed by atoms with van der Waals surface area (Å²) in [7, 11) is 0. The van der Waals surface area contributed by atoms with Gasteiger partial charge in [0.1, 0.15) is 0 Å². The number of carbonyl (C=O) groups is 3. The van der Waals surface area contributed by atoms with Crippen molar-refractivity contribution < 1.29 is 19.1 Å². The molecule has 0 N–H and O–H groups in total. The number of nitrogens with zero attached hydrogens (tertiary/aromatic N) is 2. The van der Waals surface area contributed by atoms with E-state index in [1.807, 2.05) is 59.5 Å². The maximum absolute atomic E-state index is 13.2. The Balaban J connectivity index is 1.64. The summed E-state index contributed by atoms with van der Waals surface area (Å²) in [6, 6.07) is 17.0. The number of likely N-dealkylation sites (tertiary alicyclic amines) is 1. The number of benzene rings is 2. The van der Waals surface area contributed by atoms with Gasteiger partial charge >= 0.3 is 5.97 Å². The molecule has 2 amide bonds. The summed E-state index contributed by atoms with van der Waals surface area (Å²) in [5.41, 5.74) is 3.54. The van der Waals surface area contributed by atoms with Crippen LogP contribution in [0.2, 0.25) is 0 Å². The number of esters is 1. The molecule has 0 saturated carbocycles. The molecule has 1 fully saturated rings. The molecule has 1 saturated heterocycles. The van der Waals surface area contributed by atoms with E-state index >= 15 is 0 Å². The molecule has 0 aromatic heterocycles. The van der Waals surface area contributed by atoms with Gasteiger partial charge in [-0.2, -0.15) is 0 Å². The Labute approximate surface area is 194 Å². The lowest BCUT2D eigenvalue weighted by molar-refractivity contribution is -0.140. The van der Waals surface area contributed by atoms with Crippen molar-refractivity contribution in [2.45, 2.75) is 45.6 Å². The van der Waals surface area contributed by atoms with Gasteiger partial charge in [0.15, 0.2) is 0 Å². The van der Waals surface area contributed by atoms with E-state index in [9.17, 15) is 14.4 Å². The van der Waals surface area contributed by atoms with Crippen molar-refractivity contribution in [1.29, 1.82) is 0 Å². The first-order chi connectivity index (χ1) is 16.0. The maximum Gasteiger partial charge on any atom is 0.336 e. The highest BCUT2D eigenvalue weighted by molar-refractivity contribution is 5.96. The van der Waals surface area contributed by atoms with Gasteiger partial charge in [0.25, 0.3) is 5.91 Å². The van der Waals surface area contributed by atoms with E-state index in [1.54, 1.807) is 18.7 Å². The second-order valence-corrected chi connectivity index (χ2v) is 8.57. The zero-order valence-corrected chi connectivity index (χ0v) is 19.3. The normalized spacial score (nSPS) is 18.6. The van der Waals surface area contributed by atoms with Crippen LogP contribution in [-0.2, 0) is 20.9 Å². The zero-order chi connectivity index (χ0) is 23.4. The molecule has 2 aliphatic rings. The summed E-state index contributed by atoms with van der Waals surface area (Å²) >= 11 is 0. The van der Waals surface area contributed by atoms with Gasteiger partial charge in [-0.3, -0.25) is 9.59 Å². The summed E-state index contributed by atoms with van der Waals surface area (Å²) < 4.78 is 5.36. The van der Waals surface area contributed by atoms with Crippen molar-refractivity contribution in [3.63, 3.8) is 0 Å². The van der Waals surface area contributed by atoms with Gasteiger partial charge in [0.2, 0.25) is 5.91 Å².